The van der Waals surface area contributed by atoms with Crippen LogP contribution in [0.4, 0.5) is 4.39 Å². The average molecular weight is 438 g/mol. The van der Waals surface area contributed by atoms with Crippen LogP contribution in [0.1, 0.15) is 46.5 Å². The molecule has 0 spiro atoms. The van der Waals surface area contributed by atoms with Gasteiger partial charge in [-0.2, -0.15) is 5.10 Å². The Bertz CT molecular complexity index is 1050. The maximum Gasteiger partial charge on any atom is 0.254 e. The van der Waals surface area contributed by atoms with Crippen LogP contribution in [0.25, 0.3) is 0 Å². The molecule has 1 aliphatic rings. The van der Waals surface area contributed by atoms with Crippen molar-refractivity contribution in [1.29, 1.82) is 0 Å². The summed E-state index contributed by atoms with van der Waals surface area (Å²) in [6.07, 6.45) is 2.25. The predicted molar refractivity (Wildman–Crippen MR) is 119 cm³/mol. The molecular weight excluding hydrogens is 409 g/mol. The molecule has 1 N–H and O–H groups in total. The number of amides is 1. The predicted octanol–water partition coefficient (Wildman–Crippen LogP) is 3.45. The molecular formula is C24H28FN5O2. The van der Waals surface area contributed by atoms with Gasteiger partial charge in [-0.05, 0) is 62.8 Å². The van der Waals surface area contributed by atoms with Gasteiger partial charge in [-0.15, -0.1) is 0 Å². The fraction of sp³-hybridized carbons (Fsp3) is 0.375. The van der Waals surface area contributed by atoms with Crippen molar-refractivity contribution in [1.82, 2.24) is 25.0 Å². The van der Waals surface area contributed by atoms with E-state index in [-0.39, 0.29) is 17.8 Å². The van der Waals surface area contributed by atoms with Crippen molar-refractivity contribution in [2.24, 2.45) is 0 Å². The summed E-state index contributed by atoms with van der Waals surface area (Å²) in [5.41, 5.74) is 1.54. The van der Waals surface area contributed by atoms with Crippen LogP contribution < -0.4 is 4.74 Å². The number of rotatable bonds is 8. The van der Waals surface area contributed by atoms with E-state index in [4.69, 9.17) is 4.74 Å². The molecule has 2 heterocycles. The number of H-pyrrole nitrogens is 1. The van der Waals surface area contributed by atoms with Crippen LogP contribution in [-0.4, -0.2) is 64.7 Å². The van der Waals surface area contributed by atoms with Gasteiger partial charge in [-0.1, -0.05) is 18.2 Å². The summed E-state index contributed by atoms with van der Waals surface area (Å²) in [6.45, 7) is 2.03. The minimum Gasteiger partial charge on any atom is -0.492 e. The Hall–Kier alpha value is -3.26. The lowest BCUT2D eigenvalue weighted by molar-refractivity contribution is 0.0729. The Morgan fingerprint density at radius 3 is 2.84 bits per heavy atom. The summed E-state index contributed by atoms with van der Waals surface area (Å²) in [6, 6.07) is 13.5. The smallest absolute Gasteiger partial charge is 0.254 e. The van der Waals surface area contributed by atoms with Crippen molar-refractivity contribution in [3.05, 3.63) is 77.1 Å². The molecule has 4 rings (SSSR count). The standard InChI is InChI=1S/C24H28FN5O2/c1-29(2)13-14-32-20-6-3-5-18(16-20)24(31)30-12-4-7-21(30)23-26-22(27-28-23)15-17-8-10-19(25)11-9-17/h3,5-6,8-11,16,21H,4,7,12-15H2,1-2H3,(H,26,27,28)/t21-/m1/s1. The van der Waals surface area contributed by atoms with Crippen molar-refractivity contribution in [3.8, 4) is 5.75 Å². The molecule has 32 heavy (non-hydrogen) atoms. The topological polar surface area (TPSA) is 74.3 Å². The molecule has 0 saturated carbocycles. The number of benzene rings is 2. The Labute approximate surface area is 187 Å². The average Bonchev–Trinajstić information content (AvgIpc) is 3.44. The first-order valence-electron chi connectivity index (χ1n) is 10.8. The van der Waals surface area contributed by atoms with E-state index in [0.29, 0.717) is 42.5 Å². The third-order valence-corrected chi connectivity index (χ3v) is 5.53. The van der Waals surface area contributed by atoms with E-state index in [9.17, 15) is 9.18 Å². The van der Waals surface area contributed by atoms with Crippen LogP contribution >= 0.6 is 0 Å². The Morgan fingerprint density at radius 1 is 1.25 bits per heavy atom. The lowest BCUT2D eigenvalue weighted by Crippen LogP contribution is -2.31. The summed E-state index contributed by atoms with van der Waals surface area (Å²) >= 11 is 0. The highest BCUT2D eigenvalue weighted by molar-refractivity contribution is 5.95. The molecule has 8 heteroatoms. The number of aromatic amines is 1. The highest BCUT2D eigenvalue weighted by atomic mass is 19.1. The van der Waals surface area contributed by atoms with E-state index in [0.717, 1.165) is 24.9 Å². The van der Waals surface area contributed by atoms with Gasteiger partial charge >= 0.3 is 0 Å². The quantitative estimate of drug-likeness (QED) is 0.584. The fourth-order valence-electron chi connectivity index (χ4n) is 3.84. The van der Waals surface area contributed by atoms with Crippen molar-refractivity contribution in [2.45, 2.75) is 25.3 Å². The first-order valence-corrected chi connectivity index (χ1v) is 10.8. The number of ether oxygens (including phenoxy) is 1. The van der Waals surface area contributed by atoms with Crippen LogP contribution in [0, 0.1) is 5.82 Å². The summed E-state index contributed by atoms with van der Waals surface area (Å²) in [4.78, 5) is 21.8. The van der Waals surface area contributed by atoms with Crippen molar-refractivity contribution >= 4 is 5.91 Å². The molecule has 0 unspecified atom stereocenters. The molecule has 168 valence electrons. The van der Waals surface area contributed by atoms with Crippen LogP contribution in [0.15, 0.2) is 48.5 Å². The second-order valence-corrected chi connectivity index (χ2v) is 8.28. The Morgan fingerprint density at radius 2 is 2.06 bits per heavy atom. The lowest BCUT2D eigenvalue weighted by atomic mass is 10.1. The van der Waals surface area contributed by atoms with Crippen LogP contribution in [0.5, 0.6) is 5.75 Å². The molecule has 3 aromatic rings. The van der Waals surface area contributed by atoms with E-state index in [2.05, 4.69) is 15.2 Å². The summed E-state index contributed by atoms with van der Waals surface area (Å²) < 4.78 is 18.9. The van der Waals surface area contributed by atoms with E-state index in [1.165, 1.54) is 12.1 Å². The highest BCUT2D eigenvalue weighted by Crippen LogP contribution is 2.32. The molecule has 1 amide bonds. The number of carbonyl (C=O) groups excluding carboxylic acids is 1. The van der Waals surface area contributed by atoms with Gasteiger partial charge in [0.25, 0.3) is 5.91 Å². The first-order chi connectivity index (χ1) is 15.5. The van der Waals surface area contributed by atoms with Gasteiger partial charge in [0.2, 0.25) is 0 Å². The maximum atomic E-state index is 13.3. The Kier molecular flexibility index (Phi) is 6.80. The number of halogens is 1. The second kappa shape index (κ2) is 9.91. The van der Waals surface area contributed by atoms with Gasteiger partial charge in [-0.3, -0.25) is 9.89 Å². The molecule has 1 saturated heterocycles. The first kappa shape index (κ1) is 22.0. The number of hydrogen-bond donors (Lipinski definition) is 1. The highest BCUT2D eigenvalue weighted by Gasteiger charge is 2.33. The molecule has 7 nitrogen and oxygen atoms in total. The lowest BCUT2D eigenvalue weighted by Gasteiger charge is -2.23. The number of nitrogens with zero attached hydrogens (tertiary/aromatic N) is 4. The van der Waals surface area contributed by atoms with E-state index < -0.39 is 0 Å². The molecule has 1 atom stereocenters. The molecule has 1 aliphatic heterocycles. The summed E-state index contributed by atoms with van der Waals surface area (Å²) in [5, 5.41) is 7.35. The SMILES string of the molecule is CN(C)CCOc1cccc(C(=O)N2CCC[C@@H]2c2n[nH]c(Cc3ccc(F)cc3)n2)c1. The van der Waals surface area contributed by atoms with Crippen molar-refractivity contribution < 1.29 is 13.9 Å². The van der Waals surface area contributed by atoms with Crippen LogP contribution in [-0.2, 0) is 6.42 Å². The van der Waals surface area contributed by atoms with Gasteiger partial charge in [0.15, 0.2) is 5.82 Å². The van der Waals surface area contributed by atoms with Gasteiger partial charge < -0.3 is 14.5 Å². The number of carbonyl (C=O) groups is 1. The van der Waals surface area contributed by atoms with Crippen molar-refractivity contribution in [3.63, 3.8) is 0 Å². The zero-order chi connectivity index (χ0) is 22.5. The number of likely N-dealkylation sites (tertiary alicyclic amines) is 1. The molecule has 0 radical (unpaired) electrons. The zero-order valence-electron chi connectivity index (χ0n) is 18.4. The van der Waals surface area contributed by atoms with Gasteiger partial charge in [0.1, 0.15) is 24.0 Å². The minimum absolute atomic E-state index is 0.0459. The van der Waals surface area contributed by atoms with Gasteiger partial charge in [-0.25, -0.2) is 9.37 Å². The maximum absolute atomic E-state index is 13.3. The van der Waals surface area contributed by atoms with E-state index >= 15 is 0 Å². The van der Waals surface area contributed by atoms with E-state index in [1.807, 2.05) is 42.1 Å². The summed E-state index contributed by atoms with van der Waals surface area (Å²) in [7, 11) is 3.98. The van der Waals surface area contributed by atoms with Crippen LogP contribution in [0.3, 0.4) is 0 Å². The molecule has 1 fully saturated rings. The fourth-order valence-corrected chi connectivity index (χ4v) is 3.84. The number of hydrogen-bond acceptors (Lipinski definition) is 5. The summed E-state index contributed by atoms with van der Waals surface area (Å²) in [5.74, 6) is 1.69. The molecule has 0 bridgehead atoms. The molecule has 2 aromatic carbocycles. The second-order valence-electron chi connectivity index (χ2n) is 8.28. The molecule has 0 aliphatic carbocycles. The number of likely N-dealkylation sites (N-methyl/N-ethyl adjacent to an activating group) is 1. The minimum atomic E-state index is -0.265. The number of nitrogens with one attached hydrogen (secondary N) is 1. The van der Waals surface area contributed by atoms with Crippen molar-refractivity contribution in [2.75, 3.05) is 33.8 Å². The third kappa shape index (κ3) is 5.31. The largest absolute Gasteiger partial charge is 0.492 e. The van der Waals surface area contributed by atoms with E-state index in [1.54, 1.807) is 18.2 Å². The van der Waals surface area contributed by atoms with Crippen LogP contribution in [0.2, 0.25) is 0 Å². The third-order valence-electron chi connectivity index (χ3n) is 5.53. The number of aromatic nitrogens is 3. The molecule has 1 aromatic heterocycles. The zero-order valence-corrected chi connectivity index (χ0v) is 18.4. The Balaban J connectivity index is 1.44. The van der Waals surface area contributed by atoms with Gasteiger partial charge in [0, 0.05) is 25.1 Å². The van der Waals surface area contributed by atoms with Gasteiger partial charge in [0.05, 0.1) is 6.04 Å². The normalized spacial score (nSPS) is 16.0. The monoisotopic (exact) mass is 437 g/mol.